The second kappa shape index (κ2) is 11.7. The molecule has 0 aromatic heterocycles. The van der Waals surface area contributed by atoms with E-state index < -0.39 is 26.4 Å². The zero-order valence-electron chi connectivity index (χ0n) is 23.6. The van der Waals surface area contributed by atoms with Gasteiger partial charge in [0.05, 0.1) is 18.1 Å². The number of imide groups is 1. The van der Waals surface area contributed by atoms with Crippen molar-refractivity contribution in [2.24, 2.45) is 5.92 Å². The topological polar surface area (TPSA) is 55.8 Å². The minimum Gasteiger partial charge on any atom is -0.447 e. The van der Waals surface area contributed by atoms with Gasteiger partial charge >= 0.3 is 6.09 Å². The molecule has 0 N–H and O–H groups in total. The average Bonchev–Trinajstić information content (AvgIpc) is 3.26. The molecule has 3 aromatic carbocycles. The first kappa shape index (κ1) is 28.5. The molecule has 4 rings (SSSR count). The van der Waals surface area contributed by atoms with Gasteiger partial charge in [-0.05, 0) is 52.5 Å². The smallest absolute Gasteiger partial charge is 0.417 e. The summed E-state index contributed by atoms with van der Waals surface area (Å²) >= 11 is 0. The number of fused-ring (bicyclic) bond motifs is 1. The fourth-order valence-electron chi connectivity index (χ4n) is 4.57. The van der Waals surface area contributed by atoms with Gasteiger partial charge in [-0.1, -0.05) is 106 Å². The highest BCUT2D eigenvalue weighted by molar-refractivity contribution is 6.74. The minimum absolute atomic E-state index is 0.0702. The molecule has 204 valence electrons. The third-order valence-electron chi connectivity index (χ3n) is 7.89. The number of benzene rings is 3. The molecule has 3 atom stereocenters. The molecule has 1 aliphatic rings. The number of nitrogens with zero attached hydrogens (tertiary/aromatic N) is 1. The maximum absolute atomic E-state index is 14.0. The Morgan fingerprint density at radius 2 is 1.74 bits per heavy atom. The Balaban J connectivity index is 1.65. The molecule has 0 unspecified atom stereocenters. The van der Waals surface area contributed by atoms with E-state index in [9.17, 15) is 9.59 Å². The predicted molar refractivity (Wildman–Crippen MR) is 161 cm³/mol. The van der Waals surface area contributed by atoms with Gasteiger partial charge in [-0.3, -0.25) is 4.79 Å². The molecule has 1 heterocycles. The summed E-state index contributed by atoms with van der Waals surface area (Å²) in [5.74, 6) is -1.10. The lowest BCUT2D eigenvalue weighted by atomic mass is 9.97. The summed E-state index contributed by atoms with van der Waals surface area (Å²) in [6, 6.07) is 23.9. The van der Waals surface area contributed by atoms with E-state index >= 15 is 0 Å². The van der Waals surface area contributed by atoms with Crippen molar-refractivity contribution in [3.63, 3.8) is 0 Å². The van der Waals surface area contributed by atoms with E-state index in [0.717, 1.165) is 16.5 Å². The summed E-state index contributed by atoms with van der Waals surface area (Å²) in [6.07, 6.45) is 4.88. The van der Waals surface area contributed by atoms with Crippen LogP contribution < -0.4 is 0 Å². The molecular weight excluding hydrogens is 502 g/mol. The zero-order valence-corrected chi connectivity index (χ0v) is 24.6. The maximum atomic E-state index is 14.0. The molecule has 0 saturated carbocycles. The van der Waals surface area contributed by atoms with Gasteiger partial charge in [0.2, 0.25) is 5.91 Å². The monoisotopic (exact) mass is 541 g/mol. The zero-order chi connectivity index (χ0) is 28.2. The van der Waals surface area contributed by atoms with E-state index in [0.29, 0.717) is 6.42 Å². The largest absolute Gasteiger partial charge is 0.447 e. The van der Waals surface area contributed by atoms with Crippen molar-refractivity contribution in [2.75, 3.05) is 6.61 Å². The lowest BCUT2D eigenvalue weighted by Gasteiger charge is -2.40. The number of hydrogen-bond acceptors (Lipinski definition) is 4. The highest BCUT2D eigenvalue weighted by atomic mass is 28.4. The van der Waals surface area contributed by atoms with Gasteiger partial charge in [0.1, 0.15) is 6.61 Å². The van der Waals surface area contributed by atoms with Gasteiger partial charge in [-0.15, -0.1) is 6.58 Å². The fraction of sp³-hybridized carbons (Fsp3) is 0.333. The van der Waals surface area contributed by atoms with Crippen molar-refractivity contribution in [2.45, 2.75) is 57.5 Å². The summed E-state index contributed by atoms with van der Waals surface area (Å²) in [5, 5.41) is 2.24. The summed E-state index contributed by atoms with van der Waals surface area (Å²) in [5.41, 5.74) is 2.05. The Hall–Kier alpha value is -3.48. The highest BCUT2D eigenvalue weighted by Crippen LogP contribution is 2.39. The van der Waals surface area contributed by atoms with Crippen LogP contribution in [0.2, 0.25) is 18.1 Å². The molecule has 39 heavy (non-hydrogen) atoms. The first-order valence-corrected chi connectivity index (χ1v) is 16.4. The number of amides is 2. The molecule has 0 spiro atoms. The minimum atomic E-state index is -2.30. The van der Waals surface area contributed by atoms with Crippen LogP contribution in [0.5, 0.6) is 0 Å². The number of carbonyl (C=O) groups is 2. The number of cyclic esters (lactones) is 1. The predicted octanol–water partition coefficient (Wildman–Crippen LogP) is 7.64. The van der Waals surface area contributed by atoms with Gasteiger partial charge in [0.15, 0.2) is 8.32 Å². The van der Waals surface area contributed by atoms with Crippen LogP contribution in [0, 0.1) is 5.92 Å². The number of hydrogen-bond donors (Lipinski definition) is 0. The van der Waals surface area contributed by atoms with E-state index in [1.165, 1.54) is 10.3 Å². The standard InChI is InChI=1S/C33H39NO4Si/c1-7-29(31(35)34-28(23-37-32(34)36)22-24-13-9-8-10-14-24)30(38-39(5,6)33(2,3)4)20-18-25-17-19-26-15-11-12-16-27(26)21-25/h7-21,28-30H,1,22-23H2,2-6H3/b20-18+/t28-,29-,30+/m0/s1. The van der Waals surface area contributed by atoms with Crippen LogP contribution >= 0.6 is 0 Å². The number of carbonyl (C=O) groups excluding carboxylic acids is 2. The fourth-order valence-corrected chi connectivity index (χ4v) is 5.83. The Morgan fingerprint density at radius 3 is 2.41 bits per heavy atom. The third-order valence-corrected chi connectivity index (χ3v) is 12.4. The first-order chi connectivity index (χ1) is 18.5. The Morgan fingerprint density at radius 1 is 1.08 bits per heavy atom. The van der Waals surface area contributed by atoms with Crippen molar-refractivity contribution in [1.82, 2.24) is 4.90 Å². The van der Waals surface area contributed by atoms with Gasteiger partial charge in [-0.25, -0.2) is 9.69 Å². The average molecular weight is 542 g/mol. The summed E-state index contributed by atoms with van der Waals surface area (Å²) in [7, 11) is -2.30. The molecule has 1 aliphatic heterocycles. The molecule has 1 fully saturated rings. The number of ether oxygens (including phenoxy) is 1. The molecule has 3 aromatic rings. The van der Waals surface area contributed by atoms with Crippen molar-refractivity contribution in [1.29, 1.82) is 0 Å². The van der Waals surface area contributed by atoms with Gasteiger partial charge in [0.25, 0.3) is 0 Å². The van der Waals surface area contributed by atoms with Crippen molar-refractivity contribution >= 4 is 37.2 Å². The van der Waals surface area contributed by atoms with Crippen LogP contribution in [0.3, 0.4) is 0 Å². The van der Waals surface area contributed by atoms with E-state index in [1.54, 1.807) is 6.08 Å². The first-order valence-electron chi connectivity index (χ1n) is 13.5. The van der Waals surface area contributed by atoms with Crippen LogP contribution in [-0.4, -0.2) is 44.0 Å². The second-order valence-corrected chi connectivity index (χ2v) is 16.5. The summed E-state index contributed by atoms with van der Waals surface area (Å²) in [6.45, 7) is 15.0. The van der Waals surface area contributed by atoms with Crippen molar-refractivity contribution in [3.8, 4) is 0 Å². The molecule has 6 heteroatoms. The Labute approximate surface area is 233 Å². The van der Waals surface area contributed by atoms with Crippen LogP contribution in [-0.2, 0) is 20.4 Å². The van der Waals surface area contributed by atoms with Crippen LogP contribution in [0.15, 0.2) is 91.5 Å². The molecule has 0 bridgehead atoms. The number of rotatable bonds is 9. The van der Waals surface area contributed by atoms with Crippen molar-refractivity contribution in [3.05, 3.63) is 103 Å². The van der Waals surface area contributed by atoms with Gasteiger partial charge in [-0.2, -0.15) is 0 Å². The highest BCUT2D eigenvalue weighted by Gasteiger charge is 2.45. The molecular formula is C33H39NO4Si. The van der Waals surface area contributed by atoms with Gasteiger partial charge < -0.3 is 9.16 Å². The molecule has 1 saturated heterocycles. The maximum Gasteiger partial charge on any atom is 0.417 e. The van der Waals surface area contributed by atoms with Crippen molar-refractivity contribution < 1.29 is 18.8 Å². The Kier molecular flexibility index (Phi) is 8.57. The molecule has 0 aliphatic carbocycles. The summed E-state index contributed by atoms with van der Waals surface area (Å²) in [4.78, 5) is 28.1. The lowest BCUT2D eigenvalue weighted by Crippen LogP contribution is -2.50. The van der Waals surface area contributed by atoms with E-state index in [4.69, 9.17) is 9.16 Å². The van der Waals surface area contributed by atoms with E-state index in [1.807, 2.05) is 54.6 Å². The summed E-state index contributed by atoms with van der Waals surface area (Å²) < 4.78 is 12.2. The van der Waals surface area contributed by atoms with E-state index in [2.05, 4.69) is 70.8 Å². The molecule has 0 radical (unpaired) electrons. The third kappa shape index (κ3) is 6.57. The van der Waals surface area contributed by atoms with E-state index in [-0.39, 0.29) is 23.6 Å². The Bertz CT molecular complexity index is 1360. The molecule has 5 nitrogen and oxygen atoms in total. The quantitative estimate of drug-likeness (QED) is 0.206. The lowest BCUT2D eigenvalue weighted by molar-refractivity contribution is -0.133. The molecule has 2 amide bonds. The SMILES string of the molecule is C=C[C@H](C(=O)N1C(=O)OC[C@@H]1Cc1ccccc1)[C@@H](/C=C/c1ccc2ccccc2c1)O[Si](C)(C)C(C)(C)C. The van der Waals surface area contributed by atoms with Crippen LogP contribution in [0.4, 0.5) is 4.79 Å². The van der Waals surface area contributed by atoms with Crippen LogP contribution in [0.1, 0.15) is 31.9 Å². The van der Waals surface area contributed by atoms with Gasteiger partial charge in [0, 0.05) is 0 Å². The van der Waals surface area contributed by atoms with Crippen LogP contribution in [0.25, 0.3) is 16.8 Å². The second-order valence-electron chi connectivity index (χ2n) is 11.7. The normalized spacial score (nSPS) is 17.8.